The van der Waals surface area contributed by atoms with E-state index in [0.717, 1.165) is 23.3 Å². The van der Waals surface area contributed by atoms with Crippen molar-refractivity contribution in [3.05, 3.63) is 34.9 Å². The van der Waals surface area contributed by atoms with Crippen LogP contribution in [-0.4, -0.2) is 52.7 Å². The Morgan fingerprint density at radius 1 is 1.12 bits per heavy atom. The number of nitrogens with two attached hydrogens (primary N) is 1. The van der Waals surface area contributed by atoms with Gasteiger partial charge >= 0.3 is 0 Å². The van der Waals surface area contributed by atoms with Crippen LogP contribution in [-0.2, 0) is 4.79 Å². The summed E-state index contributed by atoms with van der Waals surface area (Å²) in [5, 5.41) is 0. The Bertz CT molecular complexity index is 721. The molecule has 0 aliphatic carbocycles. The van der Waals surface area contributed by atoms with Crippen LogP contribution in [0.2, 0.25) is 0 Å². The van der Waals surface area contributed by atoms with Crippen molar-refractivity contribution in [2.24, 2.45) is 11.7 Å². The Kier molecular flexibility index (Phi) is 4.64. The summed E-state index contributed by atoms with van der Waals surface area (Å²) < 4.78 is 0. The zero-order valence-electron chi connectivity index (χ0n) is 15.0. The lowest BCUT2D eigenvalue weighted by Gasteiger charge is -2.36. The average molecular weight is 343 g/mol. The number of hydrogen-bond donors (Lipinski definition) is 1. The first-order valence-electron chi connectivity index (χ1n) is 8.84. The van der Waals surface area contributed by atoms with Crippen molar-refractivity contribution in [1.29, 1.82) is 0 Å². The predicted molar refractivity (Wildman–Crippen MR) is 94.1 cm³/mol. The molecule has 1 fully saturated rings. The normalized spacial score (nSPS) is 20.6. The number of aryl methyl sites for hydroxylation is 1. The Morgan fingerprint density at radius 3 is 2.32 bits per heavy atom. The van der Waals surface area contributed by atoms with E-state index in [9.17, 15) is 14.4 Å². The molecule has 0 radical (unpaired) electrons. The van der Waals surface area contributed by atoms with Crippen LogP contribution in [0, 0.1) is 12.8 Å². The van der Waals surface area contributed by atoms with Crippen molar-refractivity contribution in [1.82, 2.24) is 9.80 Å². The van der Waals surface area contributed by atoms with E-state index in [1.807, 2.05) is 13.8 Å². The van der Waals surface area contributed by atoms with E-state index >= 15 is 0 Å². The Morgan fingerprint density at radius 2 is 1.72 bits per heavy atom. The molecule has 6 heteroatoms. The van der Waals surface area contributed by atoms with Crippen LogP contribution in [0.25, 0.3) is 0 Å². The van der Waals surface area contributed by atoms with Gasteiger partial charge in [0, 0.05) is 19.1 Å². The van der Waals surface area contributed by atoms with Gasteiger partial charge < -0.3 is 10.6 Å². The summed E-state index contributed by atoms with van der Waals surface area (Å²) in [4.78, 5) is 40.9. The summed E-state index contributed by atoms with van der Waals surface area (Å²) in [5.41, 5.74) is 7.63. The van der Waals surface area contributed by atoms with Crippen LogP contribution < -0.4 is 5.73 Å². The van der Waals surface area contributed by atoms with Crippen molar-refractivity contribution in [2.45, 2.75) is 45.7 Å². The van der Waals surface area contributed by atoms with Gasteiger partial charge in [-0.2, -0.15) is 0 Å². The highest BCUT2D eigenvalue weighted by atomic mass is 16.2. The molecule has 3 rings (SSSR count). The number of amides is 3. The number of likely N-dealkylation sites (tertiary alicyclic amines) is 1. The van der Waals surface area contributed by atoms with Gasteiger partial charge in [-0.05, 0) is 51.7 Å². The van der Waals surface area contributed by atoms with Crippen molar-refractivity contribution in [3.63, 3.8) is 0 Å². The number of nitrogens with zero attached hydrogens (tertiary/aromatic N) is 2. The molecule has 1 aromatic carbocycles. The zero-order valence-corrected chi connectivity index (χ0v) is 15.0. The van der Waals surface area contributed by atoms with Crippen molar-refractivity contribution in [2.75, 3.05) is 13.1 Å². The quantitative estimate of drug-likeness (QED) is 0.844. The van der Waals surface area contributed by atoms with Crippen molar-refractivity contribution in [3.8, 4) is 0 Å². The number of imide groups is 1. The summed E-state index contributed by atoms with van der Waals surface area (Å²) >= 11 is 0. The van der Waals surface area contributed by atoms with E-state index in [4.69, 9.17) is 5.73 Å². The van der Waals surface area contributed by atoms with Crippen LogP contribution in [0.15, 0.2) is 18.2 Å². The Labute approximate surface area is 148 Å². The molecule has 2 atom stereocenters. The van der Waals surface area contributed by atoms with Gasteiger partial charge in [0.1, 0.15) is 6.04 Å². The second-order valence-electron chi connectivity index (χ2n) is 7.23. The first-order valence-corrected chi connectivity index (χ1v) is 8.84. The van der Waals surface area contributed by atoms with E-state index in [1.54, 1.807) is 30.0 Å². The lowest BCUT2D eigenvalue weighted by Crippen LogP contribution is -2.52. The highest BCUT2D eigenvalue weighted by Crippen LogP contribution is 2.27. The van der Waals surface area contributed by atoms with Gasteiger partial charge in [-0.25, -0.2) is 0 Å². The maximum atomic E-state index is 12.8. The van der Waals surface area contributed by atoms with Crippen molar-refractivity contribution >= 4 is 17.7 Å². The SMILES string of the molecule is Cc1ccc2c(c1)C(=O)N(C(C)C(=O)N1CCC(C(C)N)CC1)C2=O. The molecule has 0 spiro atoms. The second kappa shape index (κ2) is 6.59. The maximum absolute atomic E-state index is 12.8. The predicted octanol–water partition coefficient (Wildman–Crippen LogP) is 1.57. The van der Waals surface area contributed by atoms with Gasteiger partial charge in [-0.15, -0.1) is 0 Å². The van der Waals surface area contributed by atoms with E-state index in [2.05, 4.69) is 0 Å². The fourth-order valence-electron chi connectivity index (χ4n) is 3.75. The highest BCUT2D eigenvalue weighted by Gasteiger charge is 2.42. The summed E-state index contributed by atoms with van der Waals surface area (Å²) in [6.07, 6.45) is 1.72. The minimum absolute atomic E-state index is 0.120. The Hall–Kier alpha value is -2.21. The second-order valence-corrected chi connectivity index (χ2v) is 7.23. The van der Waals surface area contributed by atoms with Gasteiger partial charge in [-0.3, -0.25) is 19.3 Å². The Balaban J connectivity index is 1.73. The summed E-state index contributed by atoms with van der Waals surface area (Å²) in [5.74, 6) is -0.516. The molecule has 1 saturated heterocycles. The van der Waals surface area contributed by atoms with E-state index in [0.29, 0.717) is 30.1 Å². The van der Waals surface area contributed by atoms with Gasteiger partial charge in [0.05, 0.1) is 11.1 Å². The molecule has 0 saturated carbocycles. The fraction of sp³-hybridized carbons (Fsp3) is 0.526. The van der Waals surface area contributed by atoms with Gasteiger partial charge in [0.2, 0.25) is 5.91 Å². The third kappa shape index (κ3) is 3.06. The maximum Gasteiger partial charge on any atom is 0.262 e. The number of rotatable bonds is 3. The van der Waals surface area contributed by atoms with Crippen LogP contribution >= 0.6 is 0 Å². The molecule has 25 heavy (non-hydrogen) atoms. The topological polar surface area (TPSA) is 83.7 Å². The van der Waals surface area contributed by atoms with E-state index in [1.165, 1.54) is 0 Å². The monoisotopic (exact) mass is 343 g/mol. The molecule has 0 bridgehead atoms. The van der Waals surface area contributed by atoms with Gasteiger partial charge in [-0.1, -0.05) is 11.6 Å². The number of benzene rings is 1. The third-order valence-corrected chi connectivity index (χ3v) is 5.41. The standard InChI is InChI=1S/C19H25N3O3/c1-11-4-5-15-16(10-11)19(25)22(18(15)24)13(3)17(23)21-8-6-14(7-9-21)12(2)20/h4-5,10,12-14H,6-9,20H2,1-3H3. The molecule has 6 nitrogen and oxygen atoms in total. The minimum atomic E-state index is -0.792. The first kappa shape index (κ1) is 17.6. The van der Waals surface area contributed by atoms with Crippen LogP contribution in [0.3, 0.4) is 0 Å². The summed E-state index contributed by atoms with van der Waals surface area (Å²) in [7, 11) is 0. The smallest absolute Gasteiger partial charge is 0.262 e. The largest absolute Gasteiger partial charge is 0.341 e. The number of carbonyl (C=O) groups is 3. The van der Waals surface area contributed by atoms with Crippen molar-refractivity contribution < 1.29 is 14.4 Å². The number of piperidine rings is 1. The minimum Gasteiger partial charge on any atom is -0.341 e. The molecule has 2 N–H and O–H groups in total. The van der Waals surface area contributed by atoms with Crippen LogP contribution in [0.1, 0.15) is 53.0 Å². The van der Waals surface area contributed by atoms with Gasteiger partial charge in [0.15, 0.2) is 0 Å². The van der Waals surface area contributed by atoms with E-state index < -0.39 is 6.04 Å². The first-order chi connectivity index (χ1) is 11.8. The molecule has 3 amide bonds. The molecule has 2 unspecified atom stereocenters. The zero-order chi connectivity index (χ0) is 18.3. The highest BCUT2D eigenvalue weighted by molar-refractivity contribution is 6.22. The number of hydrogen-bond acceptors (Lipinski definition) is 4. The molecular formula is C19H25N3O3. The lowest BCUT2D eigenvalue weighted by molar-refractivity contribution is -0.136. The van der Waals surface area contributed by atoms with Crippen LogP contribution in [0.5, 0.6) is 0 Å². The average Bonchev–Trinajstić information content (AvgIpc) is 2.84. The molecule has 2 aliphatic rings. The van der Waals surface area contributed by atoms with Crippen LogP contribution in [0.4, 0.5) is 0 Å². The number of carbonyl (C=O) groups excluding carboxylic acids is 3. The molecule has 0 aromatic heterocycles. The molecule has 1 aromatic rings. The lowest BCUT2D eigenvalue weighted by atomic mass is 9.90. The molecular weight excluding hydrogens is 318 g/mol. The molecule has 2 heterocycles. The molecule has 134 valence electrons. The van der Waals surface area contributed by atoms with E-state index in [-0.39, 0.29) is 23.8 Å². The fourth-order valence-corrected chi connectivity index (χ4v) is 3.75. The molecule has 2 aliphatic heterocycles. The number of fused-ring (bicyclic) bond motifs is 1. The summed E-state index contributed by atoms with van der Waals surface area (Å²) in [6.45, 7) is 6.74. The summed E-state index contributed by atoms with van der Waals surface area (Å²) in [6, 6.07) is 4.50. The third-order valence-electron chi connectivity index (χ3n) is 5.41. The van der Waals surface area contributed by atoms with Gasteiger partial charge in [0.25, 0.3) is 11.8 Å².